The highest BCUT2D eigenvalue weighted by molar-refractivity contribution is 5.86. The smallest absolute Gasteiger partial charge is 0.226 e. The first-order valence-electron chi connectivity index (χ1n) is 8.74. The van der Waals surface area contributed by atoms with Crippen molar-refractivity contribution in [2.75, 3.05) is 13.6 Å². The molecule has 0 radical (unpaired) electrons. The average Bonchev–Trinajstić information content (AvgIpc) is 2.64. The molecule has 3 rings (SSSR count). The van der Waals surface area contributed by atoms with Crippen molar-refractivity contribution in [3.05, 3.63) is 71.8 Å². The van der Waals surface area contributed by atoms with Crippen molar-refractivity contribution in [2.45, 2.75) is 25.9 Å². The lowest BCUT2D eigenvalue weighted by molar-refractivity contribution is -0.145. The Balaban J connectivity index is 1.77. The van der Waals surface area contributed by atoms with Crippen LogP contribution >= 0.6 is 0 Å². The number of carbonyl (C=O) groups excluding carboxylic acids is 2. The van der Waals surface area contributed by atoms with E-state index < -0.39 is 0 Å². The predicted octanol–water partition coefficient (Wildman–Crippen LogP) is 3.08. The number of carbonyl (C=O) groups is 2. The van der Waals surface area contributed by atoms with Gasteiger partial charge in [-0.2, -0.15) is 0 Å². The van der Waals surface area contributed by atoms with Crippen LogP contribution in [0.15, 0.2) is 60.7 Å². The number of piperidine rings is 1. The number of benzene rings is 2. The van der Waals surface area contributed by atoms with Crippen molar-refractivity contribution in [3.63, 3.8) is 0 Å². The lowest BCUT2D eigenvalue weighted by Gasteiger charge is -2.32. The van der Waals surface area contributed by atoms with Gasteiger partial charge in [0.15, 0.2) is 0 Å². The van der Waals surface area contributed by atoms with E-state index in [0.29, 0.717) is 26.1 Å². The van der Waals surface area contributed by atoms with Gasteiger partial charge in [0.2, 0.25) is 11.8 Å². The van der Waals surface area contributed by atoms with Crippen LogP contribution in [0.5, 0.6) is 0 Å². The molecule has 130 valence electrons. The van der Waals surface area contributed by atoms with Gasteiger partial charge >= 0.3 is 0 Å². The van der Waals surface area contributed by atoms with Crippen LogP contribution < -0.4 is 0 Å². The molecule has 1 heterocycles. The Hall–Kier alpha value is -2.62. The Morgan fingerprint density at radius 2 is 1.52 bits per heavy atom. The van der Waals surface area contributed by atoms with Gasteiger partial charge in [0.1, 0.15) is 0 Å². The van der Waals surface area contributed by atoms with Crippen LogP contribution in [0.4, 0.5) is 0 Å². The maximum Gasteiger partial charge on any atom is 0.226 e. The van der Waals surface area contributed by atoms with Crippen molar-refractivity contribution in [1.82, 2.24) is 9.80 Å². The Labute approximate surface area is 149 Å². The highest BCUT2D eigenvalue weighted by Gasteiger charge is 2.31. The van der Waals surface area contributed by atoms with Gasteiger partial charge in [-0.15, -0.1) is 0 Å². The molecule has 1 saturated heterocycles. The second-order valence-electron chi connectivity index (χ2n) is 6.67. The average molecular weight is 336 g/mol. The number of amides is 2. The summed E-state index contributed by atoms with van der Waals surface area (Å²) in [7, 11) is 1.80. The number of hydrogen-bond donors (Lipinski definition) is 0. The molecule has 0 spiro atoms. The first kappa shape index (κ1) is 17.2. The van der Waals surface area contributed by atoms with E-state index in [1.54, 1.807) is 11.9 Å². The molecule has 0 bridgehead atoms. The highest BCUT2D eigenvalue weighted by atomic mass is 16.2. The third-order valence-electron chi connectivity index (χ3n) is 4.75. The molecule has 0 aromatic heterocycles. The van der Waals surface area contributed by atoms with E-state index >= 15 is 0 Å². The molecule has 4 nitrogen and oxygen atoms in total. The van der Waals surface area contributed by atoms with Crippen LogP contribution in [0.25, 0.3) is 0 Å². The van der Waals surface area contributed by atoms with Crippen LogP contribution in [-0.2, 0) is 22.7 Å². The molecule has 25 heavy (non-hydrogen) atoms. The SMILES string of the molecule is CN1CC[C@H](C(=O)N(Cc2ccccc2)Cc2ccccc2)CC1=O. The van der Waals surface area contributed by atoms with E-state index in [1.807, 2.05) is 65.6 Å². The molecule has 1 fully saturated rings. The Morgan fingerprint density at radius 1 is 1.00 bits per heavy atom. The minimum atomic E-state index is -0.212. The van der Waals surface area contributed by atoms with Crippen LogP contribution in [-0.4, -0.2) is 35.2 Å². The van der Waals surface area contributed by atoms with Gasteiger partial charge in [-0.1, -0.05) is 60.7 Å². The molecular formula is C21H24N2O2. The summed E-state index contributed by atoms with van der Waals surface area (Å²) in [5, 5.41) is 0. The molecule has 2 aromatic carbocycles. The summed E-state index contributed by atoms with van der Waals surface area (Å²) in [6, 6.07) is 20.0. The van der Waals surface area contributed by atoms with Crippen LogP contribution in [0.2, 0.25) is 0 Å². The minimum Gasteiger partial charge on any atom is -0.346 e. The molecule has 0 unspecified atom stereocenters. The third-order valence-corrected chi connectivity index (χ3v) is 4.75. The fraction of sp³-hybridized carbons (Fsp3) is 0.333. The second kappa shape index (κ2) is 7.97. The Morgan fingerprint density at radius 3 is 2.00 bits per heavy atom. The van der Waals surface area contributed by atoms with E-state index in [2.05, 4.69) is 0 Å². The van der Waals surface area contributed by atoms with Gasteiger partial charge in [-0.05, 0) is 17.5 Å². The van der Waals surface area contributed by atoms with Crippen molar-refractivity contribution < 1.29 is 9.59 Å². The summed E-state index contributed by atoms with van der Waals surface area (Å²) in [5.74, 6) is -0.0748. The number of nitrogens with zero attached hydrogens (tertiary/aromatic N) is 2. The van der Waals surface area contributed by atoms with Crippen molar-refractivity contribution in [3.8, 4) is 0 Å². The first-order valence-corrected chi connectivity index (χ1v) is 8.74. The van der Waals surface area contributed by atoms with Crippen LogP contribution in [0.3, 0.4) is 0 Å². The van der Waals surface area contributed by atoms with Crippen molar-refractivity contribution >= 4 is 11.8 Å². The van der Waals surface area contributed by atoms with E-state index in [1.165, 1.54) is 0 Å². The number of rotatable bonds is 5. The lowest BCUT2D eigenvalue weighted by atomic mass is 9.94. The zero-order chi connectivity index (χ0) is 17.6. The second-order valence-corrected chi connectivity index (χ2v) is 6.67. The maximum atomic E-state index is 13.1. The molecule has 0 N–H and O–H groups in total. The Bertz CT molecular complexity index is 674. The molecule has 0 aliphatic carbocycles. The third kappa shape index (κ3) is 4.47. The summed E-state index contributed by atoms with van der Waals surface area (Å²) >= 11 is 0. The first-order chi connectivity index (χ1) is 12.1. The normalized spacial score (nSPS) is 17.4. The molecule has 2 amide bonds. The van der Waals surface area contributed by atoms with E-state index in [9.17, 15) is 9.59 Å². The Kier molecular flexibility index (Phi) is 5.49. The zero-order valence-corrected chi connectivity index (χ0v) is 14.6. The van der Waals surface area contributed by atoms with Crippen molar-refractivity contribution in [2.24, 2.45) is 5.92 Å². The zero-order valence-electron chi connectivity index (χ0n) is 14.6. The fourth-order valence-electron chi connectivity index (χ4n) is 3.23. The van der Waals surface area contributed by atoms with Crippen LogP contribution in [0, 0.1) is 5.92 Å². The van der Waals surface area contributed by atoms with E-state index in [0.717, 1.165) is 17.5 Å². The molecule has 1 aliphatic heterocycles. The summed E-state index contributed by atoms with van der Waals surface area (Å²) in [6.45, 7) is 1.78. The standard InChI is InChI=1S/C21H24N2O2/c1-22-13-12-19(14-20(22)24)21(25)23(15-17-8-4-2-5-9-17)16-18-10-6-3-7-11-18/h2-11,19H,12-16H2,1H3/t19-/m0/s1. The topological polar surface area (TPSA) is 40.6 Å². The van der Waals surface area contributed by atoms with Crippen LogP contribution in [0.1, 0.15) is 24.0 Å². The number of hydrogen-bond acceptors (Lipinski definition) is 2. The van der Waals surface area contributed by atoms with Gasteiger partial charge in [0, 0.05) is 39.0 Å². The molecule has 4 heteroatoms. The summed E-state index contributed by atoms with van der Waals surface area (Å²) in [5.41, 5.74) is 2.21. The largest absolute Gasteiger partial charge is 0.346 e. The highest BCUT2D eigenvalue weighted by Crippen LogP contribution is 2.22. The van der Waals surface area contributed by atoms with Gasteiger partial charge in [0.25, 0.3) is 0 Å². The maximum absolute atomic E-state index is 13.1. The predicted molar refractivity (Wildman–Crippen MR) is 97.5 cm³/mol. The fourth-order valence-corrected chi connectivity index (χ4v) is 3.23. The minimum absolute atomic E-state index is 0.0592. The van der Waals surface area contributed by atoms with E-state index in [4.69, 9.17) is 0 Å². The van der Waals surface area contributed by atoms with Gasteiger partial charge in [-0.25, -0.2) is 0 Å². The summed E-state index contributed by atoms with van der Waals surface area (Å²) < 4.78 is 0. The van der Waals surface area contributed by atoms with Gasteiger partial charge in [0.05, 0.1) is 0 Å². The summed E-state index contributed by atoms with van der Waals surface area (Å²) in [4.78, 5) is 28.7. The molecule has 0 saturated carbocycles. The van der Waals surface area contributed by atoms with Gasteiger partial charge in [-0.3, -0.25) is 9.59 Å². The van der Waals surface area contributed by atoms with Gasteiger partial charge < -0.3 is 9.80 Å². The summed E-state index contributed by atoms with van der Waals surface area (Å²) in [6.07, 6.45) is 1.05. The lowest BCUT2D eigenvalue weighted by Crippen LogP contribution is -2.43. The quantitative estimate of drug-likeness (QED) is 0.842. The van der Waals surface area contributed by atoms with Crippen molar-refractivity contribution in [1.29, 1.82) is 0 Å². The monoisotopic (exact) mass is 336 g/mol. The van der Waals surface area contributed by atoms with E-state index in [-0.39, 0.29) is 17.7 Å². The molecule has 1 aliphatic rings. The number of likely N-dealkylation sites (tertiary alicyclic amines) is 1. The molecule has 1 atom stereocenters. The molecular weight excluding hydrogens is 312 g/mol. The molecule has 2 aromatic rings.